The minimum atomic E-state index is -0.486. The fourth-order valence-electron chi connectivity index (χ4n) is 3.22. The molecule has 1 saturated carbocycles. The lowest BCUT2D eigenvalue weighted by molar-refractivity contribution is 0.212. The quantitative estimate of drug-likeness (QED) is 0.658. The third-order valence-corrected chi connectivity index (χ3v) is 4.75. The van der Waals surface area contributed by atoms with E-state index >= 15 is 0 Å². The summed E-state index contributed by atoms with van der Waals surface area (Å²) in [5, 5.41) is 13.8. The maximum atomic E-state index is 13.4. The van der Waals surface area contributed by atoms with Gasteiger partial charge in [-0.2, -0.15) is 0 Å². The van der Waals surface area contributed by atoms with Crippen LogP contribution in [0.1, 0.15) is 25.7 Å². The molecule has 1 aliphatic rings. The Morgan fingerprint density at radius 1 is 1.15 bits per heavy atom. The molecule has 4 rings (SSSR count). The number of anilines is 2. The molecule has 0 unspecified atom stereocenters. The number of hydrogen-bond acceptors (Lipinski definition) is 5. The first-order chi connectivity index (χ1) is 12.6. The van der Waals surface area contributed by atoms with E-state index in [-0.39, 0.29) is 16.9 Å². The zero-order valence-electron chi connectivity index (χ0n) is 13.9. The van der Waals surface area contributed by atoms with Gasteiger partial charge in [-0.1, -0.05) is 11.6 Å². The molecule has 0 aliphatic heterocycles. The third kappa shape index (κ3) is 3.37. The molecule has 2 N–H and O–H groups in total. The average Bonchev–Trinajstić information content (AvgIpc) is 3.11. The topological polar surface area (TPSA) is 67.3 Å². The van der Waals surface area contributed by atoms with Crippen molar-refractivity contribution >= 4 is 34.0 Å². The van der Waals surface area contributed by atoms with Crippen LogP contribution in [0.5, 0.6) is 11.5 Å². The summed E-state index contributed by atoms with van der Waals surface area (Å²) in [6, 6.07) is 7.49. The average molecular weight is 374 g/mol. The lowest BCUT2D eigenvalue weighted by Gasteiger charge is -2.17. The summed E-state index contributed by atoms with van der Waals surface area (Å²) in [4.78, 5) is 8.53. The van der Waals surface area contributed by atoms with Gasteiger partial charge in [0, 0.05) is 17.8 Å². The van der Waals surface area contributed by atoms with Crippen LogP contribution in [-0.2, 0) is 0 Å². The second-order valence-corrected chi connectivity index (χ2v) is 6.75. The summed E-state index contributed by atoms with van der Waals surface area (Å²) in [5.41, 5.74) is 1.15. The van der Waals surface area contributed by atoms with E-state index in [9.17, 15) is 9.50 Å². The number of hydrogen-bond donors (Lipinski definition) is 2. The Morgan fingerprint density at radius 3 is 2.73 bits per heavy atom. The number of phenols is 1. The SMILES string of the molecule is Oc1cc(OC2CCCC2)c2c(Nc3ccc(F)c(Cl)c3)ncnc2c1. The van der Waals surface area contributed by atoms with Crippen LogP contribution < -0.4 is 10.1 Å². The molecular formula is C19H17ClFN3O2. The Bertz CT molecular complexity index is 961. The molecule has 2 aromatic carbocycles. The molecule has 0 spiro atoms. The number of ether oxygens (including phenoxy) is 1. The van der Waals surface area contributed by atoms with Gasteiger partial charge in [-0.25, -0.2) is 14.4 Å². The molecule has 26 heavy (non-hydrogen) atoms. The van der Waals surface area contributed by atoms with E-state index in [2.05, 4.69) is 15.3 Å². The van der Waals surface area contributed by atoms with Gasteiger partial charge in [0.1, 0.15) is 29.5 Å². The Labute approximate surface area is 154 Å². The number of benzene rings is 2. The van der Waals surface area contributed by atoms with Gasteiger partial charge in [-0.05, 0) is 43.9 Å². The van der Waals surface area contributed by atoms with E-state index in [1.807, 2.05) is 0 Å². The van der Waals surface area contributed by atoms with Crippen molar-refractivity contribution in [1.82, 2.24) is 9.97 Å². The monoisotopic (exact) mass is 373 g/mol. The highest BCUT2D eigenvalue weighted by Gasteiger charge is 2.20. The number of fused-ring (bicyclic) bond motifs is 1. The molecule has 1 heterocycles. The number of rotatable bonds is 4. The van der Waals surface area contributed by atoms with E-state index < -0.39 is 5.82 Å². The fourth-order valence-corrected chi connectivity index (χ4v) is 3.40. The Morgan fingerprint density at radius 2 is 1.96 bits per heavy atom. The molecule has 7 heteroatoms. The first kappa shape index (κ1) is 16.8. The highest BCUT2D eigenvalue weighted by atomic mass is 35.5. The van der Waals surface area contributed by atoms with Crippen LogP contribution in [0.25, 0.3) is 10.9 Å². The second-order valence-electron chi connectivity index (χ2n) is 6.34. The third-order valence-electron chi connectivity index (χ3n) is 4.46. The molecule has 1 fully saturated rings. The number of aromatic hydroxyl groups is 1. The van der Waals surface area contributed by atoms with Crippen molar-refractivity contribution in [2.75, 3.05) is 5.32 Å². The fraction of sp³-hybridized carbons (Fsp3) is 0.263. The van der Waals surface area contributed by atoms with Crippen molar-refractivity contribution in [2.45, 2.75) is 31.8 Å². The van der Waals surface area contributed by atoms with Crippen LogP contribution >= 0.6 is 11.6 Å². The summed E-state index contributed by atoms with van der Waals surface area (Å²) >= 11 is 5.86. The molecular weight excluding hydrogens is 357 g/mol. The van der Waals surface area contributed by atoms with Crippen molar-refractivity contribution in [1.29, 1.82) is 0 Å². The Hall–Kier alpha value is -2.60. The van der Waals surface area contributed by atoms with Crippen molar-refractivity contribution in [2.24, 2.45) is 0 Å². The highest BCUT2D eigenvalue weighted by Crippen LogP contribution is 2.37. The van der Waals surface area contributed by atoms with Crippen LogP contribution in [0.2, 0.25) is 5.02 Å². The molecule has 0 radical (unpaired) electrons. The van der Waals surface area contributed by atoms with Crippen LogP contribution in [0.4, 0.5) is 15.9 Å². The maximum absolute atomic E-state index is 13.4. The minimum absolute atomic E-state index is 0.0217. The largest absolute Gasteiger partial charge is 0.508 e. The van der Waals surface area contributed by atoms with E-state index in [1.54, 1.807) is 18.2 Å². The van der Waals surface area contributed by atoms with Crippen molar-refractivity contribution in [3.8, 4) is 11.5 Å². The van der Waals surface area contributed by atoms with Gasteiger partial charge in [-0.15, -0.1) is 0 Å². The van der Waals surface area contributed by atoms with E-state index in [1.165, 1.54) is 18.5 Å². The van der Waals surface area contributed by atoms with Gasteiger partial charge < -0.3 is 15.2 Å². The lowest BCUT2D eigenvalue weighted by atomic mass is 10.2. The van der Waals surface area contributed by atoms with Crippen LogP contribution in [0, 0.1) is 5.82 Å². The summed E-state index contributed by atoms with van der Waals surface area (Å²) in [6.07, 6.45) is 5.76. The molecule has 5 nitrogen and oxygen atoms in total. The maximum Gasteiger partial charge on any atom is 0.145 e. The molecule has 1 aliphatic carbocycles. The van der Waals surface area contributed by atoms with Gasteiger partial charge in [0.2, 0.25) is 0 Å². The van der Waals surface area contributed by atoms with Crippen LogP contribution in [-0.4, -0.2) is 21.2 Å². The molecule has 0 amide bonds. The number of nitrogens with one attached hydrogen (secondary N) is 1. The van der Waals surface area contributed by atoms with Gasteiger partial charge >= 0.3 is 0 Å². The number of nitrogens with zero attached hydrogens (tertiary/aromatic N) is 2. The number of phenolic OH excluding ortho intramolecular Hbond substituents is 1. The van der Waals surface area contributed by atoms with E-state index in [0.717, 1.165) is 25.7 Å². The van der Waals surface area contributed by atoms with Crippen molar-refractivity contribution in [3.63, 3.8) is 0 Å². The summed E-state index contributed by atoms with van der Waals surface area (Å²) in [7, 11) is 0. The summed E-state index contributed by atoms with van der Waals surface area (Å²) < 4.78 is 19.5. The number of halogens is 2. The first-order valence-electron chi connectivity index (χ1n) is 8.46. The molecule has 1 aromatic heterocycles. The normalized spacial score (nSPS) is 14.7. The van der Waals surface area contributed by atoms with Crippen molar-refractivity contribution < 1.29 is 14.2 Å². The molecule has 134 valence electrons. The standard InChI is InChI=1S/C19H17ClFN3O2/c20-14-7-11(5-6-15(14)21)24-19-18-16(22-10-23-19)8-12(25)9-17(18)26-13-3-1-2-4-13/h5-10,13,25H,1-4H2,(H,22,23,24). The molecule has 0 atom stereocenters. The van der Waals surface area contributed by atoms with E-state index in [4.69, 9.17) is 16.3 Å². The zero-order valence-corrected chi connectivity index (χ0v) is 14.6. The number of aromatic nitrogens is 2. The Kier molecular flexibility index (Phi) is 4.51. The molecule has 0 saturated heterocycles. The van der Waals surface area contributed by atoms with Crippen LogP contribution in [0.3, 0.4) is 0 Å². The zero-order chi connectivity index (χ0) is 18.1. The van der Waals surface area contributed by atoms with Gasteiger partial charge in [0.25, 0.3) is 0 Å². The van der Waals surface area contributed by atoms with Gasteiger partial charge in [0.15, 0.2) is 0 Å². The van der Waals surface area contributed by atoms with E-state index in [0.29, 0.717) is 28.2 Å². The van der Waals surface area contributed by atoms with Crippen molar-refractivity contribution in [3.05, 3.63) is 47.5 Å². The summed E-state index contributed by atoms with van der Waals surface area (Å²) in [5.74, 6) is 0.633. The minimum Gasteiger partial charge on any atom is -0.508 e. The van der Waals surface area contributed by atoms with Gasteiger partial charge in [0.05, 0.1) is 22.0 Å². The smallest absolute Gasteiger partial charge is 0.145 e. The van der Waals surface area contributed by atoms with Crippen LogP contribution in [0.15, 0.2) is 36.7 Å². The predicted octanol–water partition coefficient (Wildman–Crippen LogP) is 5.19. The second kappa shape index (κ2) is 6.96. The summed E-state index contributed by atoms with van der Waals surface area (Å²) in [6.45, 7) is 0. The molecule has 0 bridgehead atoms. The molecule has 3 aromatic rings. The Balaban J connectivity index is 1.77. The predicted molar refractivity (Wildman–Crippen MR) is 98.8 cm³/mol. The first-order valence-corrected chi connectivity index (χ1v) is 8.84. The highest BCUT2D eigenvalue weighted by molar-refractivity contribution is 6.31. The lowest BCUT2D eigenvalue weighted by Crippen LogP contribution is -2.11. The van der Waals surface area contributed by atoms with Gasteiger partial charge in [-0.3, -0.25) is 0 Å².